The summed E-state index contributed by atoms with van der Waals surface area (Å²) >= 11 is 0. The summed E-state index contributed by atoms with van der Waals surface area (Å²) in [5, 5.41) is 11.2. The highest BCUT2D eigenvalue weighted by Gasteiger charge is 2.07. The number of nitrogens with zero attached hydrogens (tertiary/aromatic N) is 1. The van der Waals surface area contributed by atoms with Crippen LogP contribution in [0.5, 0.6) is 5.75 Å². The average Bonchev–Trinajstić information content (AvgIpc) is 2.43. The van der Waals surface area contributed by atoms with E-state index < -0.39 is 0 Å². The molecule has 0 fully saturated rings. The lowest BCUT2D eigenvalue weighted by molar-refractivity contribution is -0.117. The largest absolute Gasteiger partial charge is 0.477 e. The molecule has 0 saturated heterocycles. The molecule has 1 aromatic rings. The Balaban J connectivity index is 2.47. The first-order valence-corrected chi connectivity index (χ1v) is 6.24. The van der Waals surface area contributed by atoms with Gasteiger partial charge in [-0.1, -0.05) is 19.1 Å². The molecule has 1 N–H and O–H groups in total. The van der Waals surface area contributed by atoms with Crippen LogP contribution in [-0.2, 0) is 9.53 Å². The molecule has 0 aliphatic rings. The summed E-state index contributed by atoms with van der Waals surface area (Å²) in [6.45, 7) is 3.03. The van der Waals surface area contributed by atoms with Crippen LogP contribution in [0, 0.1) is 11.3 Å². The van der Waals surface area contributed by atoms with Gasteiger partial charge < -0.3 is 14.8 Å². The number of ether oxygens (including phenoxy) is 2. The number of para-hydroxylation sites is 2. The van der Waals surface area contributed by atoms with Crippen LogP contribution >= 0.6 is 0 Å². The van der Waals surface area contributed by atoms with E-state index >= 15 is 0 Å². The summed E-state index contributed by atoms with van der Waals surface area (Å²) in [5.41, 5.74) is 0.568. The van der Waals surface area contributed by atoms with Gasteiger partial charge in [0.25, 0.3) is 0 Å². The summed E-state index contributed by atoms with van der Waals surface area (Å²) in [6, 6.07) is 8.91. The van der Waals surface area contributed by atoms with Crippen LogP contribution < -0.4 is 10.1 Å². The van der Waals surface area contributed by atoms with Crippen molar-refractivity contribution < 1.29 is 14.3 Å². The summed E-state index contributed by atoms with van der Waals surface area (Å²) < 4.78 is 10.5. The van der Waals surface area contributed by atoms with Crippen LogP contribution in [0.1, 0.15) is 19.8 Å². The fraction of sp³-hybridized carbons (Fsp3) is 0.429. The Bertz CT molecular complexity index is 441. The fourth-order valence-corrected chi connectivity index (χ4v) is 1.43. The Labute approximate surface area is 113 Å². The van der Waals surface area contributed by atoms with Crippen LogP contribution in [-0.4, -0.2) is 25.7 Å². The van der Waals surface area contributed by atoms with Gasteiger partial charge >= 0.3 is 0 Å². The first kappa shape index (κ1) is 15.0. The lowest BCUT2D eigenvalue weighted by Gasteiger charge is -2.10. The van der Waals surface area contributed by atoms with Crippen molar-refractivity contribution in [1.29, 1.82) is 5.26 Å². The van der Waals surface area contributed by atoms with Gasteiger partial charge in [-0.05, 0) is 18.6 Å². The molecule has 0 aliphatic heterocycles. The quantitative estimate of drug-likeness (QED) is 0.730. The zero-order valence-electron chi connectivity index (χ0n) is 11.0. The first-order chi connectivity index (χ1) is 9.27. The van der Waals surface area contributed by atoms with Crippen molar-refractivity contribution in [2.75, 3.05) is 25.1 Å². The zero-order valence-corrected chi connectivity index (χ0v) is 11.0. The Morgan fingerprint density at radius 2 is 2.16 bits per heavy atom. The van der Waals surface area contributed by atoms with Gasteiger partial charge in [0.15, 0.2) is 6.61 Å². The number of rotatable bonds is 8. The molecule has 1 rings (SSSR count). The topological polar surface area (TPSA) is 71.3 Å². The number of nitrogens with one attached hydrogen (secondary N) is 1. The van der Waals surface area contributed by atoms with Gasteiger partial charge in [-0.25, -0.2) is 0 Å². The Morgan fingerprint density at radius 1 is 1.37 bits per heavy atom. The monoisotopic (exact) mass is 262 g/mol. The van der Waals surface area contributed by atoms with Crippen LogP contribution in [0.3, 0.4) is 0 Å². The minimum atomic E-state index is -0.135. The van der Waals surface area contributed by atoms with Crippen molar-refractivity contribution in [3.05, 3.63) is 24.3 Å². The van der Waals surface area contributed by atoms with Gasteiger partial charge in [0.05, 0.1) is 18.7 Å². The molecule has 1 aromatic carbocycles. The fourth-order valence-electron chi connectivity index (χ4n) is 1.43. The molecule has 0 radical (unpaired) electrons. The van der Waals surface area contributed by atoms with Crippen LogP contribution in [0.2, 0.25) is 0 Å². The number of amides is 1. The normalized spacial score (nSPS) is 9.68. The van der Waals surface area contributed by atoms with Gasteiger partial charge in [0.2, 0.25) is 5.91 Å². The Morgan fingerprint density at radius 3 is 2.89 bits per heavy atom. The first-order valence-electron chi connectivity index (χ1n) is 6.24. The molecule has 0 aliphatic carbocycles. The van der Waals surface area contributed by atoms with E-state index in [0.29, 0.717) is 31.1 Å². The van der Waals surface area contributed by atoms with Crippen molar-refractivity contribution in [2.24, 2.45) is 0 Å². The van der Waals surface area contributed by atoms with Gasteiger partial charge in [0, 0.05) is 6.61 Å². The van der Waals surface area contributed by atoms with E-state index in [1.807, 2.05) is 13.0 Å². The van der Waals surface area contributed by atoms with E-state index in [1.54, 1.807) is 24.3 Å². The summed E-state index contributed by atoms with van der Waals surface area (Å²) in [6.07, 6.45) is 1.24. The number of nitriles is 1. The highest BCUT2D eigenvalue weighted by molar-refractivity contribution is 5.92. The van der Waals surface area contributed by atoms with Gasteiger partial charge in [-0.3, -0.25) is 4.79 Å². The molecule has 5 heteroatoms. The molecule has 0 spiro atoms. The van der Waals surface area contributed by atoms with Crippen LogP contribution in [0.15, 0.2) is 24.3 Å². The number of hydrogen-bond acceptors (Lipinski definition) is 4. The van der Waals surface area contributed by atoms with E-state index in [4.69, 9.17) is 14.7 Å². The van der Waals surface area contributed by atoms with Crippen molar-refractivity contribution >= 4 is 11.6 Å². The number of hydrogen-bond donors (Lipinski definition) is 1. The van der Waals surface area contributed by atoms with Gasteiger partial charge in [-0.15, -0.1) is 0 Å². The molecule has 1 amide bonds. The molecule has 0 bridgehead atoms. The third kappa shape index (κ3) is 5.89. The Kier molecular flexibility index (Phi) is 7.06. The summed E-state index contributed by atoms with van der Waals surface area (Å²) in [4.78, 5) is 11.7. The zero-order chi connectivity index (χ0) is 13.9. The highest BCUT2D eigenvalue weighted by atomic mass is 16.5. The van der Waals surface area contributed by atoms with Gasteiger partial charge in [-0.2, -0.15) is 5.26 Å². The predicted octanol–water partition coefficient (Wildman–Crippen LogP) is 2.34. The second-order valence-corrected chi connectivity index (χ2v) is 3.85. The Hall–Kier alpha value is -2.06. The molecule has 0 unspecified atom stereocenters. The maximum Gasteiger partial charge on any atom is 0.226 e. The average molecular weight is 262 g/mol. The minimum absolute atomic E-state index is 0.0491. The lowest BCUT2D eigenvalue weighted by atomic mass is 10.3. The molecule has 102 valence electrons. The standard InChI is InChI=1S/C14H18N2O3/c1-2-9-18-10-7-14(17)16-12-5-3-4-6-13(12)19-11-8-15/h3-6H,2,7,9-11H2,1H3,(H,16,17). The van der Waals surface area contributed by atoms with E-state index in [-0.39, 0.29) is 12.5 Å². The van der Waals surface area contributed by atoms with E-state index in [2.05, 4.69) is 5.32 Å². The molecular weight excluding hydrogens is 244 g/mol. The molecule has 0 aromatic heterocycles. The van der Waals surface area contributed by atoms with E-state index in [0.717, 1.165) is 6.42 Å². The van der Waals surface area contributed by atoms with Crippen LogP contribution in [0.25, 0.3) is 0 Å². The third-order valence-corrected chi connectivity index (χ3v) is 2.28. The lowest BCUT2D eigenvalue weighted by Crippen LogP contribution is -2.15. The molecule has 5 nitrogen and oxygen atoms in total. The van der Waals surface area contributed by atoms with Crippen molar-refractivity contribution in [3.8, 4) is 11.8 Å². The predicted molar refractivity (Wildman–Crippen MR) is 71.9 cm³/mol. The second-order valence-electron chi connectivity index (χ2n) is 3.85. The smallest absolute Gasteiger partial charge is 0.226 e. The number of benzene rings is 1. The molecule has 0 saturated carbocycles. The van der Waals surface area contributed by atoms with Crippen molar-refractivity contribution in [2.45, 2.75) is 19.8 Å². The second kappa shape index (κ2) is 8.95. The molecular formula is C14H18N2O3. The van der Waals surface area contributed by atoms with Crippen molar-refractivity contribution in [1.82, 2.24) is 0 Å². The number of carbonyl (C=O) groups excluding carboxylic acids is 1. The number of anilines is 1. The minimum Gasteiger partial charge on any atom is -0.477 e. The van der Waals surface area contributed by atoms with E-state index in [1.165, 1.54) is 0 Å². The highest BCUT2D eigenvalue weighted by Crippen LogP contribution is 2.23. The maximum absolute atomic E-state index is 11.7. The molecule has 0 atom stereocenters. The number of carbonyl (C=O) groups is 1. The van der Waals surface area contributed by atoms with E-state index in [9.17, 15) is 4.79 Å². The van der Waals surface area contributed by atoms with Crippen molar-refractivity contribution in [3.63, 3.8) is 0 Å². The molecule has 19 heavy (non-hydrogen) atoms. The third-order valence-electron chi connectivity index (χ3n) is 2.28. The van der Waals surface area contributed by atoms with Gasteiger partial charge in [0.1, 0.15) is 11.8 Å². The summed E-state index contributed by atoms with van der Waals surface area (Å²) in [7, 11) is 0. The SMILES string of the molecule is CCCOCCC(=O)Nc1ccccc1OCC#N. The summed E-state index contributed by atoms with van der Waals surface area (Å²) in [5.74, 6) is 0.357. The van der Waals surface area contributed by atoms with Crippen LogP contribution in [0.4, 0.5) is 5.69 Å². The molecule has 0 heterocycles. The maximum atomic E-state index is 11.7.